The van der Waals surface area contributed by atoms with E-state index in [0.29, 0.717) is 28.1 Å². The fraction of sp³-hybridized carbons (Fsp3) is 0.238. The van der Waals surface area contributed by atoms with E-state index in [1.165, 1.54) is 17.8 Å². The highest BCUT2D eigenvalue weighted by Crippen LogP contribution is 2.37. The van der Waals surface area contributed by atoms with Gasteiger partial charge >= 0.3 is 0 Å². The molecule has 29 heavy (non-hydrogen) atoms. The highest BCUT2D eigenvalue weighted by atomic mass is 32.2. The lowest BCUT2D eigenvalue weighted by atomic mass is 9.87. The largest absolute Gasteiger partial charge is 0.369 e. The number of rotatable bonds is 5. The van der Waals surface area contributed by atoms with Gasteiger partial charge in [0, 0.05) is 11.5 Å². The average molecular weight is 409 g/mol. The molecule has 2 aromatic carbocycles. The molecule has 0 radical (unpaired) electrons. The number of carbonyl (C=O) groups is 1. The summed E-state index contributed by atoms with van der Waals surface area (Å²) in [7, 11) is 0. The first-order valence-electron chi connectivity index (χ1n) is 9.18. The summed E-state index contributed by atoms with van der Waals surface area (Å²) in [4.78, 5) is 21.2. The summed E-state index contributed by atoms with van der Waals surface area (Å²) in [5.41, 5.74) is 8.91. The summed E-state index contributed by atoms with van der Waals surface area (Å²) in [5, 5.41) is 5.05. The van der Waals surface area contributed by atoms with Crippen LogP contribution in [0.3, 0.4) is 0 Å². The number of carbonyl (C=O) groups excluding carboxylic acids is 1. The molecule has 2 unspecified atom stereocenters. The number of halogens is 1. The summed E-state index contributed by atoms with van der Waals surface area (Å²) >= 11 is 1.32. The van der Waals surface area contributed by atoms with E-state index in [2.05, 4.69) is 15.1 Å². The first kappa shape index (κ1) is 19.3. The number of nitrogens with two attached hydrogens (primary N) is 1. The molecule has 3 aromatic rings. The molecule has 1 amide bonds. The van der Waals surface area contributed by atoms with Gasteiger partial charge in [0.25, 0.3) is 0 Å². The summed E-state index contributed by atoms with van der Waals surface area (Å²) < 4.78 is 15.5. The van der Waals surface area contributed by atoms with E-state index in [4.69, 9.17) is 5.73 Å². The third-order valence-electron chi connectivity index (χ3n) is 4.94. The SMILES string of the molecule is CC1=Nc2nc(SCc3ccccc3F)nn2C(c2ccc(C)cc2)C1C(N)=O. The Morgan fingerprint density at radius 1 is 1.17 bits per heavy atom. The number of thioether (sulfide) groups is 1. The highest BCUT2D eigenvalue weighted by Gasteiger charge is 2.38. The summed E-state index contributed by atoms with van der Waals surface area (Å²) in [6.07, 6.45) is 0. The molecule has 0 fully saturated rings. The average Bonchev–Trinajstić information content (AvgIpc) is 3.09. The van der Waals surface area contributed by atoms with E-state index >= 15 is 0 Å². The molecule has 0 saturated heterocycles. The lowest BCUT2D eigenvalue weighted by Gasteiger charge is -2.29. The van der Waals surface area contributed by atoms with Gasteiger partial charge < -0.3 is 5.73 Å². The quantitative estimate of drug-likeness (QED) is 0.649. The Labute approximate surface area is 172 Å². The van der Waals surface area contributed by atoms with Gasteiger partial charge in [0.2, 0.25) is 17.0 Å². The second-order valence-electron chi connectivity index (χ2n) is 7.01. The van der Waals surface area contributed by atoms with Gasteiger partial charge in [-0.05, 0) is 31.0 Å². The van der Waals surface area contributed by atoms with E-state index in [9.17, 15) is 9.18 Å². The summed E-state index contributed by atoms with van der Waals surface area (Å²) in [6, 6.07) is 14.1. The molecule has 1 aromatic heterocycles. The minimum atomic E-state index is -0.615. The van der Waals surface area contributed by atoms with Gasteiger partial charge in [-0.15, -0.1) is 5.10 Å². The van der Waals surface area contributed by atoms with Crippen molar-refractivity contribution < 1.29 is 9.18 Å². The standard InChI is InChI=1S/C21H20FN5OS/c1-12-7-9-14(10-8-12)18-17(19(23)28)13(2)24-20-25-21(26-27(18)20)29-11-15-5-3-4-6-16(15)22/h3-10,17-18H,11H2,1-2H3,(H2,23,28). The van der Waals surface area contributed by atoms with Crippen molar-refractivity contribution in [1.29, 1.82) is 0 Å². The summed E-state index contributed by atoms with van der Waals surface area (Å²) in [6.45, 7) is 3.78. The molecular weight excluding hydrogens is 389 g/mol. The Morgan fingerprint density at radius 3 is 2.59 bits per heavy atom. The number of primary amides is 1. The maximum Gasteiger partial charge on any atom is 0.249 e. The predicted octanol–water partition coefficient (Wildman–Crippen LogP) is 3.81. The zero-order valence-corrected chi connectivity index (χ0v) is 16.9. The van der Waals surface area contributed by atoms with Crippen LogP contribution in [0.15, 0.2) is 58.7 Å². The van der Waals surface area contributed by atoms with Crippen molar-refractivity contribution in [3.63, 3.8) is 0 Å². The van der Waals surface area contributed by atoms with Crippen molar-refractivity contribution in [3.05, 3.63) is 71.0 Å². The number of amides is 1. The zero-order valence-electron chi connectivity index (χ0n) is 16.0. The third-order valence-corrected chi connectivity index (χ3v) is 5.83. The second kappa shape index (κ2) is 7.79. The first-order valence-corrected chi connectivity index (χ1v) is 10.2. The first-order chi connectivity index (χ1) is 13.9. The molecule has 0 spiro atoms. The molecule has 2 N–H and O–H groups in total. The molecular formula is C21H20FN5OS. The fourth-order valence-electron chi connectivity index (χ4n) is 3.43. The number of fused-ring (bicyclic) bond motifs is 1. The van der Waals surface area contributed by atoms with Crippen LogP contribution in [0.4, 0.5) is 10.3 Å². The minimum absolute atomic E-state index is 0.260. The van der Waals surface area contributed by atoms with Gasteiger partial charge in [0.1, 0.15) is 11.7 Å². The number of aliphatic imine (C=N–C) groups is 1. The Hall–Kier alpha value is -3.00. The van der Waals surface area contributed by atoms with Gasteiger partial charge in [-0.25, -0.2) is 14.1 Å². The molecule has 8 heteroatoms. The van der Waals surface area contributed by atoms with Crippen LogP contribution < -0.4 is 5.73 Å². The highest BCUT2D eigenvalue weighted by molar-refractivity contribution is 7.98. The van der Waals surface area contributed by atoms with Crippen LogP contribution >= 0.6 is 11.8 Å². The molecule has 1 aliphatic heterocycles. The number of hydrogen-bond donors (Lipinski definition) is 1. The number of nitrogens with zero attached hydrogens (tertiary/aromatic N) is 4. The molecule has 6 nitrogen and oxygen atoms in total. The van der Waals surface area contributed by atoms with Crippen molar-refractivity contribution in [1.82, 2.24) is 14.8 Å². The number of aryl methyl sites for hydroxylation is 1. The summed E-state index contributed by atoms with van der Waals surface area (Å²) in [5.74, 6) is -0.520. The Balaban J connectivity index is 1.69. The van der Waals surface area contributed by atoms with Crippen LogP contribution in [0.25, 0.3) is 0 Å². The van der Waals surface area contributed by atoms with E-state index in [0.717, 1.165) is 11.1 Å². The van der Waals surface area contributed by atoms with E-state index in [1.807, 2.05) is 31.2 Å². The number of hydrogen-bond acceptors (Lipinski definition) is 5. The van der Waals surface area contributed by atoms with E-state index < -0.39 is 17.9 Å². The lowest BCUT2D eigenvalue weighted by Crippen LogP contribution is -2.39. The van der Waals surface area contributed by atoms with Gasteiger partial charge in [-0.1, -0.05) is 59.8 Å². The van der Waals surface area contributed by atoms with Crippen molar-refractivity contribution in [3.8, 4) is 0 Å². The number of aromatic nitrogens is 3. The van der Waals surface area contributed by atoms with Gasteiger partial charge in [0.15, 0.2) is 0 Å². The molecule has 0 aliphatic carbocycles. The fourth-order valence-corrected chi connectivity index (χ4v) is 4.24. The smallest absolute Gasteiger partial charge is 0.249 e. The molecule has 0 saturated carbocycles. The van der Waals surface area contributed by atoms with Crippen LogP contribution in [-0.2, 0) is 10.5 Å². The molecule has 0 bridgehead atoms. The molecule has 2 atom stereocenters. The predicted molar refractivity (Wildman–Crippen MR) is 111 cm³/mol. The van der Waals surface area contributed by atoms with Crippen molar-refractivity contribution >= 4 is 29.3 Å². The van der Waals surface area contributed by atoms with Crippen LogP contribution in [0.1, 0.15) is 29.7 Å². The van der Waals surface area contributed by atoms with Crippen LogP contribution in [0, 0.1) is 18.7 Å². The van der Waals surface area contributed by atoms with E-state index in [1.54, 1.807) is 29.8 Å². The Morgan fingerprint density at radius 2 is 1.90 bits per heavy atom. The number of benzene rings is 2. The van der Waals surface area contributed by atoms with Crippen molar-refractivity contribution in [2.75, 3.05) is 0 Å². The van der Waals surface area contributed by atoms with Gasteiger partial charge in [-0.3, -0.25) is 4.79 Å². The van der Waals surface area contributed by atoms with Gasteiger partial charge in [-0.2, -0.15) is 4.98 Å². The lowest BCUT2D eigenvalue weighted by molar-refractivity contribution is -0.120. The Kier molecular flexibility index (Phi) is 5.19. The maximum atomic E-state index is 13.9. The second-order valence-corrected chi connectivity index (χ2v) is 7.95. The van der Waals surface area contributed by atoms with Crippen LogP contribution in [0.5, 0.6) is 0 Å². The molecule has 1 aliphatic rings. The van der Waals surface area contributed by atoms with Crippen LogP contribution in [-0.4, -0.2) is 26.4 Å². The van der Waals surface area contributed by atoms with Crippen molar-refractivity contribution in [2.24, 2.45) is 16.6 Å². The third kappa shape index (κ3) is 3.80. The molecule has 148 valence electrons. The monoisotopic (exact) mass is 409 g/mol. The van der Waals surface area contributed by atoms with E-state index in [-0.39, 0.29) is 5.82 Å². The minimum Gasteiger partial charge on any atom is -0.369 e. The maximum absolute atomic E-state index is 13.9. The molecule has 2 heterocycles. The van der Waals surface area contributed by atoms with Crippen LogP contribution in [0.2, 0.25) is 0 Å². The van der Waals surface area contributed by atoms with Crippen molar-refractivity contribution in [2.45, 2.75) is 30.8 Å². The topological polar surface area (TPSA) is 86.2 Å². The molecule has 4 rings (SSSR count). The Bertz CT molecular complexity index is 1090. The normalized spacial score (nSPS) is 18.2. The van der Waals surface area contributed by atoms with Gasteiger partial charge in [0.05, 0.1) is 6.04 Å². The zero-order chi connectivity index (χ0) is 20.5.